The van der Waals surface area contributed by atoms with Crippen LogP contribution in [0.25, 0.3) is 0 Å². The smallest absolute Gasteiger partial charge is 0.239 e. The maximum Gasteiger partial charge on any atom is 0.239 e. The van der Waals surface area contributed by atoms with Gasteiger partial charge >= 0.3 is 0 Å². The lowest BCUT2D eigenvalue weighted by molar-refractivity contribution is -0.132. The summed E-state index contributed by atoms with van der Waals surface area (Å²) in [7, 11) is 1.82. The van der Waals surface area contributed by atoms with Crippen LogP contribution in [0.3, 0.4) is 0 Å². The van der Waals surface area contributed by atoms with Crippen molar-refractivity contribution in [2.45, 2.75) is 51.1 Å². The van der Waals surface area contributed by atoms with Gasteiger partial charge in [0.15, 0.2) is 0 Å². The summed E-state index contributed by atoms with van der Waals surface area (Å²) in [6, 6.07) is 3.50. The first-order valence-corrected chi connectivity index (χ1v) is 7.56. The SMILES string of the molecule is CN(Cc1cccnc1)C(=O)C(N)CC1CCCCC1.Cl. The fraction of sp³-hybridized carbons (Fsp3) is 0.625. The number of aromatic nitrogens is 1. The third-order valence-corrected chi connectivity index (χ3v) is 4.15. The van der Waals surface area contributed by atoms with Gasteiger partial charge in [0.05, 0.1) is 6.04 Å². The molecule has 0 saturated heterocycles. The van der Waals surface area contributed by atoms with Crippen molar-refractivity contribution in [3.63, 3.8) is 0 Å². The van der Waals surface area contributed by atoms with Gasteiger partial charge in [0.25, 0.3) is 0 Å². The Morgan fingerprint density at radius 1 is 1.43 bits per heavy atom. The standard InChI is InChI=1S/C16H25N3O.ClH/c1-19(12-14-8-5-9-18-11-14)16(20)15(17)10-13-6-3-2-4-7-13;/h5,8-9,11,13,15H,2-4,6-7,10,12,17H2,1H3;1H. The van der Waals surface area contributed by atoms with Gasteiger partial charge in [0.2, 0.25) is 5.91 Å². The maximum atomic E-state index is 12.3. The molecule has 1 aromatic heterocycles. The second-order valence-electron chi connectivity index (χ2n) is 5.90. The van der Waals surface area contributed by atoms with E-state index >= 15 is 0 Å². The van der Waals surface area contributed by atoms with E-state index in [4.69, 9.17) is 5.73 Å². The molecule has 1 aromatic rings. The Morgan fingerprint density at radius 2 is 2.14 bits per heavy atom. The van der Waals surface area contributed by atoms with Crippen LogP contribution in [0.4, 0.5) is 0 Å². The molecular formula is C16H26ClN3O. The maximum absolute atomic E-state index is 12.3. The minimum Gasteiger partial charge on any atom is -0.340 e. The summed E-state index contributed by atoms with van der Waals surface area (Å²) in [4.78, 5) is 18.1. The van der Waals surface area contributed by atoms with Crippen molar-refractivity contribution < 1.29 is 4.79 Å². The van der Waals surface area contributed by atoms with Gasteiger partial charge in [-0.3, -0.25) is 9.78 Å². The van der Waals surface area contributed by atoms with Crippen LogP contribution in [0.5, 0.6) is 0 Å². The molecular weight excluding hydrogens is 286 g/mol. The van der Waals surface area contributed by atoms with Crippen molar-refractivity contribution >= 4 is 18.3 Å². The van der Waals surface area contributed by atoms with Crippen molar-refractivity contribution in [3.05, 3.63) is 30.1 Å². The van der Waals surface area contributed by atoms with Crippen LogP contribution < -0.4 is 5.73 Å². The van der Waals surface area contributed by atoms with Crippen LogP contribution in [0.2, 0.25) is 0 Å². The first-order chi connectivity index (χ1) is 9.66. The molecule has 118 valence electrons. The summed E-state index contributed by atoms with van der Waals surface area (Å²) in [5, 5.41) is 0. The van der Waals surface area contributed by atoms with Gasteiger partial charge < -0.3 is 10.6 Å². The molecule has 0 aliphatic heterocycles. The van der Waals surface area contributed by atoms with E-state index < -0.39 is 0 Å². The van der Waals surface area contributed by atoms with Crippen molar-refractivity contribution in [3.8, 4) is 0 Å². The zero-order valence-electron chi connectivity index (χ0n) is 12.7. The Morgan fingerprint density at radius 3 is 2.76 bits per heavy atom. The molecule has 0 radical (unpaired) electrons. The van der Waals surface area contributed by atoms with Gasteiger partial charge in [0, 0.05) is 26.0 Å². The van der Waals surface area contributed by atoms with Crippen LogP contribution in [0, 0.1) is 5.92 Å². The highest BCUT2D eigenvalue weighted by Gasteiger charge is 2.23. The van der Waals surface area contributed by atoms with Gasteiger partial charge in [-0.15, -0.1) is 12.4 Å². The summed E-state index contributed by atoms with van der Waals surface area (Å²) in [5.74, 6) is 0.675. The van der Waals surface area contributed by atoms with Gasteiger partial charge in [-0.05, 0) is 24.0 Å². The van der Waals surface area contributed by atoms with Crippen LogP contribution >= 0.6 is 12.4 Å². The van der Waals surface area contributed by atoms with Crippen LogP contribution in [0.15, 0.2) is 24.5 Å². The number of likely N-dealkylation sites (N-methyl/N-ethyl adjacent to an activating group) is 1. The Labute approximate surface area is 133 Å². The Balaban J connectivity index is 0.00000220. The van der Waals surface area contributed by atoms with Gasteiger partial charge in [-0.25, -0.2) is 0 Å². The van der Waals surface area contributed by atoms with E-state index in [2.05, 4.69) is 4.98 Å². The van der Waals surface area contributed by atoms with Crippen LogP contribution in [0.1, 0.15) is 44.1 Å². The summed E-state index contributed by atoms with van der Waals surface area (Å²) in [6.07, 6.45) is 10.7. The van der Waals surface area contributed by atoms with E-state index in [1.165, 1.54) is 32.1 Å². The molecule has 0 bridgehead atoms. The summed E-state index contributed by atoms with van der Waals surface area (Å²) >= 11 is 0. The van der Waals surface area contributed by atoms with Crippen LogP contribution in [-0.2, 0) is 11.3 Å². The monoisotopic (exact) mass is 311 g/mol. The summed E-state index contributed by atoms with van der Waals surface area (Å²) < 4.78 is 0. The zero-order chi connectivity index (χ0) is 14.4. The highest BCUT2D eigenvalue weighted by Crippen LogP contribution is 2.27. The molecule has 1 atom stereocenters. The van der Waals surface area contributed by atoms with E-state index in [0.717, 1.165) is 12.0 Å². The number of hydrogen-bond acceptors (Lipinski definition) is 3. The molecule has 0 aromatic carbocycles. The fourth-order valence-electron chi connectivity index (χ4n) is 3.01. The van der Waals surface area contributed by atoms with Crippen LogP contribution in [-0.4, -0.2) is 28.9 Å². The normalized spacial score (nSPS) is 16.9. The third kappa shape index (κ3) is 5.64. The number of nitrogens with two attached hydrogens (primary N) is 1. The quantitative estimate of drug-likeness (QED) is 0.909. The number of pyridine rings is 1. The van der Waals surface area contributed by atoms with E-state index in [1.54, 1.807) is 17.3 Å². The van der Waals surface area contributed by atoms with E-state index in [9.17, 15) is 4.79 Å². The lowest BCUT2D eigenvalue weighted by Gasteiger charge is -2.26. The molecule has 1 saturated carbocycles. The molecule has 2 N–H and O–H groups in total. The Bertz CT molecular complexity index is 421. The summed E-state index contributed by atoms with van der Waals surface area (Å²) in [5.41, 5.74) is 7.13. The number of carbonyl (C=O) groups is 1. The minimum atomic E-state index is -0.361. The number of nitrogens with zero attached hydrogens (tertiary/aromatic N) is 2. The Hall–Kier alpha value is -1.13. The first-order valence-electron chi connectivity index (χ1n) is 7.56. The number of amides is 1. The largest absolute Gasteiger partial charge is 0.340 e. The molecule has 21 heavy (non-hydrogen) atoms. The van der Waals surface area contributed by atoms with Gasteiger partial charge in [-0.2, -0.15) is 0 Å². The molecule has 1 fully saturated rings. The molecule has 5 heteroatoms. The van der Waals surface area contributed by atoms with Crippen molar-refractivity contribution in [2.24, 2.45) is 11.7 Å². The predicted molar refractivity (Wildman–Crippen MR) is 87.1 cm³/mol. The Kier molecular flexibility index (Phi) is 7.68. The number of rotatable bonds is 5. The fourth-order valence-corrected chi connectivity index (χ4v) is 3.01. The molecule has 4 nitrogen and oxygen atoms in total. The highest BCUT2D eigenvalue weighted by atomic mass is 35.5. The zero-order valence-corrected chi connectivity index (χ0v) is 13.5. The second kappa shape index (κ2) is 9.00. The van der Waals surface area contributed by atoms with Crippen molar-refractivity contribution in [2.75, 3.05) is 7.05 Å². The third-order valence-electron chi connectivity index (χ3n) is 4.15. The lowest BCUT2D eigenvalue weighted by Crippen LogP contribution is -2.42. The van der Waals surface area contributed by atoms with E-state index in [0.29, 0.717) is 12.5 Å². The number of carbonyl (C=O) groups excluding carboxylic acids is 1. The first kappa shape index (κ1) is 17.9. The van der Waals surface area contributed by atoms with Gasteiger partial charge in [-0.1, -0.05) is 38.2 Å². The molecule has 0 spiro atoms. The van der Waals surface area contributed by atoms with Gasteiger partial charge in [0.1, 0.15) is 0 Å². The molecule has 1 unspecified atom stereocenters. The lowest BCUT2D eigenvalue weighted by atomic mass is 9.85. The number of halogens is 1. The summed E-state index contributed by atoms with van der Waals surface area (Å²) in [6.45, 7) is 0.574. The van der Waals surface area contributed by atoms with E-state index in [-0.39, 0.29) is 24.4 Å². The topological polar surface area (TPSA) is 59.2 Å². The number of hydrogen-bond donors (Lipinski definition) is 1. The highest BCUT2D eigenvalue weighted by molar-refractivity contribution is 5.85. The molecule has 1 aliphatic carbocycles. The molecule has 1 heterocycles. The van der Waals surface area contributed by atoms with Crippen molar-refractivity contribution in [1.82, 2.24) is 9.88 Å². The van der Waals surface area contributed by atoms with E-state index in [1.807, 2.05) is 19.2 Å². The molecule has 1 aliphatic rings. The molecule has 2 rings (SSSR count). The minimum absolute atomic E-state index is 0. The van der Waals surface area contributed by atoms with Crippen molar-refractivity contribution in [1.29, 1.82) is 0 Å². The average molecular weight is 312 g/mol. The molecule has 1 amide bonds. The predicted octanol–water partition coefficient (Wildman–Crippen LogP) is 2.76. The second-order valence-corrected chi connectivity index (χ2v) is 5.90. The average Bonchev–Trinajstić information content (AvgIpc) is 2.48.